The number of hydrogen-bond donors (Lipinski definition) is 2. The van der Waals surface area contributed by atoms with E-state index >= 15 is 0 Å². The summed E-state index contributed by atoms with van der Waals surface area (Å²) in [6.45, 7) is 10.4. The van der Waals surface area contributed by atoms with Crippen LogP contribution in [0.1, 0.15) is 51.9 Å². The molecule has 22 heavy (non-hydrogen) atoms. The monoisotopic (exact) mass is 309 g/mol. The lowest BCUT2D eigenvalue weighted by Crippen LogP contribution is -2.46. The Labute approximate surface area is 136 Å². The molecule has 5 nitrogen and oxygen atoms in total. The molecule has 2 fully saturated rings. The number of nitrogens with one attached hydrogen (secondary N) is 1. The number of piperazine rings is 1. The molecule has 128 valence electrons. The van der Waals surface area contributed by atoms with Crippen LogP contribution in [0.3, 0.4) is 0 Å². The predicted molar refractivity (Wildman–Crippen MR) is 94.3 cm³/mol. The van der Waals surface area contributed by atoms with Gasteiger partial charge in [-0.2, -0.15) is 0 Å². The maximum absolute atomic E-state index is 5.98. The topological polar surface area (TPSA) is 56.9 Å². The zero-order valence-corrected chi connectivity index (χ0v) is 14.4. The molecule has 2 aliphatic rings. The van der Waals surface area contributed by atoms with Crippen LogP contribution in [0, 0.1) is 0 Å². The summed E-state index contributed by atoms with van der Waals surface area (Å²) < 4.78 is 0. The van der Waals surface area contributed by atoms with E-state index in [9.17, 15) is 0 Å². The first kappa shape index (κ1) is 17.5. The second-order valence-corrected chi connectivity index (χ2v) is 6.73. The SMILES string of the molecule is CCN1CCN(CCCCN=C(N)NC2CCCCC2)CC1. The molecule has 0 aromatic carbocycles. The normalized spacial score (nSPS) is 22.9. The number of nitrogens with zero attached hydrogens (tertiary/aromatic N) is 3. The van der Waals surface area contributed by atoms with Crippen LogP contribution in [0.2, 0.25) is 0 Å². The van der Waals surface area contributed by atoms with Crippen LogP contribution in [0.15, 0.2) is 4.99 Å². The van der Waals surface area contributed by atoms with E-state index in [1.807, 2.05) is 0 Å². The van der Waals surface area contributed by atoms with Gasteiger partial charge in [0.05, 0.1) is 0 Å². The van der Waals surface area contributed by atoms with Crippen LogP contribution in [0.4, 0.5) is 0 Å². The first-order chi connectivity index (χ1) is 10.8. The van der Waals surface area contributed by atoms with E-state index in [2.05, 4.69) is 27.0 Å². The zero-order chi connectivity index (χ0) is 15.6. The average molecular weight is 310 g/mol. The van der Waals surface area contributed by atoms with Gasteiger partial charge in [-0.15, -0.1) is 0 Å². The van der Waals surface area contributed by atoms with Crippen molar-refractivity contribution in [1.82, 2.24) is 15.1 Å². The van der Waals surface area contributed by atoms with E-state index in [0.29, 0.717) is 12.0 Å². The van der Waals surface area contributed by atoms with Crippen LogP contribution in [0.5, 0.6) is 0 Å². The summed E-state index contributed by atoms with van der Waals surface area (Å²) in [6, 6.07) is 0.562. The van der Waals surface area contributed by atoms with Gasteiger partial charge >= 0.3 is 0 Å². The average Bonchev–Trinajstić information content (AvgIpc) is 2.56. The number of guanidine groups is 1. The highest BCUT2D eigenvalue weighted by atomic mass is 15.3. The maximum Gasteiger partial charge on any atom is 0.188 e. The Bertz CT molecular complexity index is 317. The quantitative estimate of drug-likeness (QED) is 0.426. The van der Waals surface area contributed by atoms with E-state index in [1.165, 1.54) is 77.8 Å². The van der Waals surface area contributed by atoms with Gasteiger partial charge in [0.15, 0.2) is 5.96 Å². The fourth-order valence-corrected chi connectivity index (χ4v) is 3.48. The van der Waals surface area contributed by atoms with Crippen molar-refractivity contribution >= 4 is 5.96 Å². The van der Waals surface area contributed by atoms with Crippen molar-refractivity contribution in [3.05, 3.63) is 0 Å². The summed E-state index contributed by atoms with van der Waals surface area (Å²) in [7, 11) is 0. The number of likely N-dealkylation sites (N-methyl/N-ethyl adjacent to an activating group) is 1. The Morgan fingerprint density at radius 2 is 1.73 bits per heavy atom. The Balaban J connectivity index is 1.50. The van der Waals surface area contributed by atoms with Crippen molar-refractivity contribution in [1.29, 1.82) is 0 Å². The lowest BCUT2D eigenvalue weighted by atomic mass is 9.96. The molecule has 0 aromatic rings. The zero-order valence-electron chi connectivity index (χ0n) is 14.4. The van der Waals surface area contributed by atoms with Gasteiger partial charge in [0.1, 0.15) is 0 Å². The number of hydrogen-bond acceptors (Lipinski definition) is 3. The predicted octanol–water partition coefficient (Wildman–Crippen LogP) is 1.64. The van der Waals surface area contributed by atoms with Crippen molar-refractivity contribution in [2.45, 2.75) is 57.9 Å². The van der Waals surface area contributed by atoms with Crippen LogP contribution < -0.4 is 11.1 Å². The van der Waals surface area contributed by atoms with Gasteiger partial charge in [-0.25, -0.2) is 0 Å². The molecule has 1 saturated heterocycles. The van der Waals surface area contributed by atoms with Gasteiger partial charge in [0.25, 0.3) is 0 Å². The molecule has 1 saturated carbocycles. The Morgan fingerprint density at radius 1 is 1.05 bits per heavy atom. The summed E-state index contributed by atoms with van der Waals surface area (Å²) >= 11 is 0. The number of aliphatic imine (C=N–C) groups is 1. The first-order valence-electron chi connectivity index (χ1n) is 9.29. The standard InChI is InChI=1S/C17H35N5/c1-2-21-12-14-22(15-13-21)11-7-6-10-19-17(18)20-16-8-4-3-5-9-16/h16H,2-15H2,1H3,(H3,18,19,20). The Kier molecular flexibility index (Phi) is 8.02. The van der Waals surface area contributed by atoms with Gasteiger partial charge in [0, 0.05) is 38.8 Å². The molecule has 0 amide bonds. The van der Waals surface area contributed by atoms with E-state index in [4.69, 9.17) is 5.73 Å². The number of nitrogens with two attached hydrogens (primary N) is 1. The van der Waals surface area contributed by atoms with Crippen molar-refractivity contribution in [2.24, 2.45) is 10.7 Å². The number of unbranched alkanes of at least 4 members (excludes halogenated alkanes) is 1. The summed E-state index contributed by atoms with van der Waals surface area (Å²) in [6.07, 6.45) is 8.90. The second kappa shape index (κ2) is 10.1. The minimum Gasteiger partial charge on any atom is -0.370 e. The van der Waals surface area contributed by atoms with Crippen molar-refractivity contribution < 1.29 is 0 Å². The lowest BCUT2D eigenvalue weighted by Gasteiger charge is -2.33. The van der Waals surface area contributed by atoms with Crippen LogP contribution in [-0.4, -0.2) is 67.6 Å². The fraction of sp³-hybridized carbons (Fsp3) is 0.941. The molecule has 2 rings (SSSR count). The van der Waals surface area contributed by atoms with Crippen LogP contribution in [0.25, 0.3) is 0 Å². The van der Waals surface area contributed by atoms with Gasteiger partial charge < -0.3 is 20.9 Å². The molecule has 0 spiro atoms. The molecule has 0 bridgehead atoms. The fourth-order valence-electron chi connectivity index (χ4n) is 3.48. The highest BCUT2D eigenvalue weighted by Gasteiger charge is 2.15. The van der Waals surface area contributed by atoms with Gasteiger partial charge in [-0.05, 0) is 38.8 Å². The summed E-state index contributed by atoms with van der Waals surface area (Å²) in [5.41, 5.74) is 5.98. The molecule has 1 aliphatic carbocycles. The minimum atomic E-state index is 0.562. The van der Waals surface area contributed by atoms with Gasteiger partial charge in [-0.3, -0.25) is 4.99 Å². The smallest absolute Gasteiger partial charge is 0.188 e. The molecule has 0 atom stereocenters. The third-order valence-electron chi connectivity index (χ3n) is 5.03. The Morgan fingerprint density at radius 3 is 2.41 bits per heavy atom. The third-order valence-corrected chi connectivity index (χ3v) is 5.03. The maximum atomic E-state index is 5.98. The molecular weight excluding hydrogens is 274 g/mol. The molecule has 1 heterocycles. The Hall–Kier alpha value is -0.810. The highest BCUT2D eigenvalue weighted by molar-refractivity contribution is 5.78. The summed E-state index contributed by atoms with van der Waals surface area (Å²) in [4.78, 5) is 9.59. The van der Waals surface area contributed by atoms with Crippen LogP contribution >= 0.6 is 0 Å². The minimum absolute atomic E-state index is 0.562. The van der Waals surface area contributed by atoms with Crippen molar-refractivity contribution in [2.75, 3.05) is 45.8 Å². The largest absolute Gasteiger partial charge is 0.370 e. The highest BCUT2D eigenvalue weighted by Crippen LogP contribution is 2.16. The lowest BCUT2D eigenvalue weighted by molar-refractivity contribution is 0.136. The summed E-state index contributed by atoms with van der Waals surface area (Å²) in [5.74, 6) is 0.656. The first-order valence-corrected chi connectivity index (χ1v) is 9.29. The van der Waals surface area contributed by atoms with Crippen molar-refractivity contribution in [3.63, 3.8) is 0 Å². The van der Waals surface area contributed by atoms with Crippen molar-refractivity contribution in [3.8, 4) is 0 Å². The molecule has 3 N–H and O–H groups in total. The van der Waals surface area contributed by atoms with E-state index in [0.717, 1.165) is 13.0 Å². The molecule has 0 unspecified atom stereocenters. The number of rotatable bonds is 7. The second-order valence-electron chi connectivity index (χ2n) is 6.73. The summed E-state index contributed by atoms with van der Waals surface area (Å²) in [5, 5.41) is 3.38. The molecular formula is C17H35N5. The van der Waals surface area contributed by atoms with E-state index in [-0.39, 0.29) is 0 Å². The van der Waals surface area contributed by atoms with E-state index in [1.54, 1.807) is 0 Å². The van der Waals surface area contributed by atoms with Crippen LogP contribution in [-0.2, 0) is 0 Å². The third kappa shape index (κ3) is 6.53. The van der Waals surface area contributed by atoms with Gasteiger partial charge in [-0.1, -0.05) is 26.2 Å². The van der Waals surface area contributed by atoms with Gasteiger partial charge in [0.2, 0.25) is 0 Å². The molecule has 0 aromatic heterocycles. The van der Waals surface area contributed by atoms with E-state index < -0.39 is 0 Å². The molecule has 5 heteroatoms. The molecule has 0 radical (unpaired) electrons. The molecule has 1 aliphatic heterocycles.